The lowest BCUT2D eigenvalue weighted by molar-refractivity contribution is 0.191. The van der Waals surface area contributed by atoms with E-state index < -0.39 is 17.7 Å². The van der Waals surface area contributed by atoms with Crippen molar-refractivity contribution in [1.82, 2.24) is 0 Å². The van der Waals surface area contributed by atoms with Gasteiger partial charge in [0.25, 0.3) is 0 Å². The number of hydrogen-bond acceptors (Lipinski definition) is 2. The SMILES string of the molecule is OC(CNc1ccc(F)c(F)c1)c1ccccc1. The van der Waals surface area contributed by atoms with Crippen LogP contribution >= 0.6 is 0 Å². The molecule has 1 unspecified atom stereocenters. The highest BCUT2D eigenvalue weighted by molar-refractivity contribution is 5.43. The van der Waals surface area contributed by atoms with Crippen LogP contribution in [0.4, 0.5) is 14.5 Å². The lowest BCUT2D eigenvalue weighted by Gasteiger charge is -2.13. The maximum Gasteiger partial charge on any atom is 0.160 e. The maximum absolute atomic E-state index is 12.9. The second kappa shape index (κ2) is 5.60. The number of rotatable bonds is 4. The van der Waals surface area contributed by atoms with Gasteiger partial charge >= 0.3 is 0 Å². The van der Waals surface area contributed by atoms with E-state index in [1.54, 1.807) is 12.1 Å². The quantitative estimate of drug-likeness (QED) is 0.872. The highest BCUT2D eigenvalue weighted by Gasteiger charge is 2.07. The summed E-state index contributed by atoms with van der Waals surface area (Å²) in [5.41, 5.74) is 1.21. The predicted octanol–water partition coefficient (Wildman–Crippen LogP) is 3.11. The van der Waals surface area contributed by atoms with Crippen molar-refractivity contribution in [3.63, 3.8) is 0 Å². The summed E-state index contributed by atoms with van der Waals surface area (Å²) < 4.78 is 25.7. The van der Waals surface area contributed by atoms with Crippen molar-refractivity contribution in [3.8, 4) is 0 Å². The Hall–Kier alpha value is -1.94. The number of anilines is 1. The van der Waals surface area contributed by atoms with Crippen LogP contribution in [0.3, 0.4) is 0 Å². The Labute approximate surface area is 104 Å². The molecule has 4 heteroatoms. The Balaban J connectivity index is 1.97. The van der Waals surface area contributed by atoms with Gasteiger partial charge in [-0.15, -0.1) is 0 Å². The van der Waals surface area contributed by atoms with Crippen LogP contribution in [0, 0.1) is 11.6 Å². The second-order valence-electron chi connectivity index (χ2n) is 3.94. The molecule has 2 N–H and O–H groups in total. The van der Waals surface area contributed by atoms with Gasteiger partial charge in [0.05, 0.1) is 6.10 Å². The third-order valence-electron chi connectivity index (χ3n) is 2.60. The lowest BCUT2D eigenvalue weighted by Crippen LogP contribution is -2.12. The first-order chi connectivity index (χ1) is 8.66. The Kier molecular flexibility index (Phi) is 3.89. The summed E-state index contributed by atoms with van der Waals surface area (Å²) in [6.45, 7) is 0.231. The third kappa shape index (κ3) is 3.05. The normalized spacial score (nSPS) is 12.2. The van der Waals surface area contributed by atoms with Crippen molar-refractivity contribution in [1.29, 1.82) is 0 Å². The van der Waals surface area contributed by atoms with Gasteiger partial charge in [-0.1, -0.05) is 30.3 Å². The molecule has 94 valence electrons. The molecule has 2 aromatic carbocycles. The topological polar surface area (TPSA) is 32.3 Å². The molecule has 0 fully saturated rings. The molecular formula is C14H13F2NO. The van der Waals surface area contributed by atoms with Crippen molar-refractivity contribution >= 4 is 5.69 Å². The van der Waals surface area contributed by atoms with E-state index >= 15 is 0 Å². The van der Waals surface area contributed by atoms with Crippen LogP contribution in [0.15, 0.2) is 48.5 Å². The van der Waals surface area contributed by atoms with E-state index in [1.807, 2.05) is 18.2 Å². The number of aliphatic hydroxyl groups excluding tert-OH is 1. The standard InChI is InChI=1S/C14H13F2NO/c15-12-7-6-11(8-13(12)16)17-9-14(18)10-4-2-1-3-5-10/h1-8,14,17-18H,9H2. The van der Waals surface area contributed by atoms with E-state index in [4.69, 9.17) is 0 Å². The smallest absolute Gasteiger partial charge is 0.160 e. The molecule has 2 aromatic rings. The van der Waals surface area contributed by atoms with Gasteiger partial charge in [-0.25, -0.2) is 8.78 Å². The first-order valence-corrected chi connectivity index (χ1v) is 5.59. The van der Waals surface area contributed by atoms with Gasteiger partial charge in [-0.05, 0) is 17.7 Å². The van der Waals surface area contributed by atoms with Gasteiger partial charge in [0.2, 0.25) is 0 Å². The average Bonchev–Trinajstić information content (AvgIpc) is 2.41. The minimum Gasteiger partial charge on any atom is -0.387 e. The molecule has 1 atom stereocenters. The average molecular weight is 249 g/mol. The molecule has 0 aliphatic carbocycles. The van der Waals surface area contributed by atoms with Gasteiger partial charge in [0.1, 0.15) is 0 Å². The largest absolute Gasteiger partial charge is 0.387 e. The van der Waals surface area contributed by atoms with Gasteiger partial charge in [0, 0.05) is 18.3 Å². The Morgan fingerprint density at radius 2 is 1.72 bits per heavy atom. The summed E-state index contributed by atoms with van der Waals surface area (Å²) in [4.78, 5) is 0. The van der Waals surface area contributed by atoms with Crippen molar-refractivity contribution in [2.24, 2.45) is 0 Å². The number of hydrogen-bond donors (Lipinski definition) is 2. The summed E-state index contributed by atoms with van der Waals surface area (Å²) in [5.74, 6) is -1.79. The molecule has 0 saturated carbocycles. The maximum atomic E-state index is 12.9. The second-order valence-corrected chi connectivity index (χ2v) is 3.94. The van der Waals surface area contributed by atoms with Crippen molar-refractivity contribution in [3.05, 3.63) is 65.7 Å². The minimum absolute atomic E-state index is 0.231. The fraction of sp³-hybridized carbons (Fsp3) is 0.143. The van der Waals surface area contributed by atoms with Crippen LogP contribution in [0.1, 0.15) is 11.7 Å². The van der Waals surface area contributed by atoms with Gasteiger partial charge in [-0.2, -0.15) is 0 Å². The van der Waals surface area contributed by atoms with Crippen LogP contribution in [-0.4, -0.2) is 11.7 Å². The van der Waals surface area contributed by atoms with Gasteiger partial charge < -0.3 is 10.4 Å². The van der Waals surface area contributed by atoms with Crippen LogP contribution in [0.25, 0.3) is 0 Å². The van der Waals surface area contributed by atoms with Crippen molar-refractivity contribution in [2.45, 2.75) is 6.10 Å². The predicted molar refractivity (Wildman–Crippen MR) is 66.2 cm³/mol. The molecule has 0 radical (unpaired) electrons. The Morgan fingerprint density at radius 1 is 1.00 bits per heavy atom. The highest BCUT2D eigenvalue weighted by Crippen LogP contribution is 2.16. The van der Waals surface area contributed by atoms with Crippen molar-refractivity contribution < 1.29 is 13.9 Å². The molecule has 0 aliphatic heterocycles. The first kappa shape index (κ1) is 12.5. The van der Waals surface area contributed by atoms with E-state index in [2.05, 4.69) is 5.32 Å². The fourth-order valence-corrected chi connectivity index (χ4v) is 1.61. The molecule has 2 rings (SSSR count). The zero-order valence-corrected chi connectivity index (χ0v) is 9.61. The molecule has 0 heterocycles. The molecule has 0 amide bonds. The third-order valence-corrected chi connectivity index (χ3v) is 2.60. The molecule has 2 nitrogen and oxygen atoms in total. The van der Waals surface area contributed by atoms with Crippen LogP contribution < -0.4 is 5.32 Å². The molecule has 0 spiro atoms. The molecule has 0 bridgehead atoms. The molecule has 0 aliphatic rings. The number of halogens is 2. The minimum atomic E-state index is -0.908. The first-order valence-electron chi connectivity index (χ1n) is 5.59. The van der Waals surface area contributed by atoms with Crippen LogP contribution in [0.2, 0.25) is 0 Å². The summed E-state index contributed by atoms with van der Waals surface area (Å²) in [7, 11) is 0. The summed E-state index contributed by atoms with van der Waals surface area (Å²) in [6.07, 6.45) is -0.695. The molecule has 18 heavy (non-hydrogen) atoms. The van der Waals surface area contributed by atoms with E-state index in [0.717, 1.165) is 17.7 Å². The van der Waals surface area contributed by atoms with E-state index in [-0.39, 0.29) is 6.54 Å². The monoisotopic (exact) mass is 249 g/mol. The fourth-order valence-electron chi connectivity index (χ4n) is 1.61. The number of nitrogens with one attached hydrogen (secondary N) is 1. The summed E-state index contributed by atoms with van der Waals surface area (Å²) in [5, 5.41) is 12.7. The summed E-state index contributed by atoms with van der Waals surface area (Å²) >= 11 is 0. The van der Waals surface area contributed by atoms with Crippen LogP contribution in [-0.2, 0) is 0 Å². The molecule has 0 aromatic heterocycles. The number of aliphatic hydroxyl groups is 1. The summed E-state index contributed by atoms with van der Waals surface area (Å²) in [6, 6.07) is 12.7. The van der Waals surface area contributed by atoms with E-state index in [1.165, 1.54) is 6.07 Å². The van der Waals surface area contributed by atoms with Gasteiger partial charge in [-0.3, -0.25) is 0 Å². The van der Waals surface area contributed by atoms with E-state index in [0.29, 0.717) is 5.69 Å². The Morgan fingerprint density at radius 3 is 2.39 bits per heavy atom. The van der Waals surface area contributed by atoms with Crippen molar-refractivity contribution in [2.75, 3.05) is 11.9 Å². The van der Waals surface area contributed by atoms with Gasteiger partial charge in [0.15, 0.2) is 11.6 Å². The Bertz CT molecular complexity index is 516. The zero-order valence-electron chi connectivity index (χ0n) is 9.61. The molecular weight excluding hydrogens is 236 g/mol. The van der Waals surface area contributed by atoms with E-state index in [9.17, 15) is 13.9 Å². The highest BCUT2D eigenvalue weighted by atomic mass is 19.2. The number of benzene rings is 2. The zero-order chi connectivity index (χ0) is 13.0. The molecule has 0 saturated heterocycles. The van der Waals surface area contributed by atoms with Crippen LogP contribution in [0.5, 0.6) is 0 Å². The lowest BCUT2D eigenvalue weighted by atomic mass is 10.1.